The fourth-order valence-electron chi connectivity index (χ4n) is 2.92. The highest BCUT2D eigenvalue weighted by Crippen LogP contribution is 2.26. The summed E-state index contributed by atoms with van der Waals surface area (Å²) in [7, 11) is -3.59. The number of hydrogen-bond acceptors (Lipinski definition) is 3. The number of sulfonamides is 1. The van der Waals surface area contributed by atoms with Crippen LogP contribution in [0.3, 0.4) is 0 Å². The zero-order chi connectivity index (χ0) is 19.5. The van der Waals surface area contributed by atoms with E-state index in [9.17, 15) is 13.2 Å². The van der Waals surface area contributed by atoms with Gasteiger partial charge in [-0.05, 0) is 44.4 Å². The maximum Gasteiger partial charge on any atom is 0.241 e. The molecule has 6 heteroatoms. The topological polar surface area (TPSA) is 66.5 Å². The van der Waals surface area contributed by atoms with Gasteiger partial charge in [-0.1, -0.05) is 48.0 Å². The second-order valence-electron chi connectivity index (χ2n) is 6.71. The average molecular weight is 375 g/mol. The Labute approximate surface area is 156 Å². The molecule has 2 rings (SSSR count). The first kappa shape index (κ1) is 20.0. The molecule has 5 nitrogen and oxygen atoms in total. The Morgan fingerprint density at radius 1 is 1.04 bits per heavy atom. The number of amides is 1. The second kappa shape index (κ2) is 7.91. The van der Waals surface area contributed by atoms with E-state index in [0.717, 1.165) is 28.5 Å². The van der Waals surface area contributed by atoms with E-state index >= 15 is 0 Å². The van der Waals surface area contributed by atoms with Crippen LogP contribution in [0.2, 0.25) is 0 Å². The molecule has 2 aromatic rings. The van der Waals surface area contributed by atoms with Crippen LogP contribution in [0, 0.1) is 20.8 Å². The number of anilines is 1. The van der Waals surface area contributed by atoms with Crippen LogP contribution in [-0.4, -0.2) is 27.1 Å². The summed E-state index contributed by atoms with van der Waals surface area (Å²) in [5, 5.41) is 2.88. The van der Waals surface area contributed by atoms with Gasteiger partial charge in [0, 0.05) is 0 Å². The molecule has 0 aromatic heterocycles. The first-order valence-electron chi connectivity index (χ1n) is 8.49. The molecular weight excluding hydrogens is 348 g/mol. The Balaban J connectivity index is 2.21. The Kier molecular flexibility index (Phi) is 6.08. The number of benzene rings is 2. The molecule has 0 saturated heterocycles. The van der Waals surface area contributed by atoms with Crippen LogP contribution in [-0.2, 0) is 14.8 Å². The summed E-state index contributed by atoms with van der Waals surface area (Å²) in [5.41, 5.74) is 4.31. The molecule has 1 atom stereocenters. The van der Waals surface area contributed by atoms with Crippen LogP contribution in [0.15, 0.2) is 42.5 Å². The first-order chi connectivity index (χ1) is 12.1. The number of rotatable bonds is 6. The average Bonchev–Trinajstić information content (AvgIpc) is 2.53. The number of nitrogens with one attached hydrogen (secondary N) is 1. The Morgan fingerprint density at radius 3 is 2.08 bits per heavy atom. The van der Waals surface area contributed by atoms with Crippen molar-refractivity contribution in [2.45, 2.75) is 33.7 Å². The van der Waals surface area contributed by atoms with E-state index in [1.165, 1.54) is 4.31 Å². The van der Waals surface area contributed by atoms with Gasteiger partial charge in [0.15, 0.2) is 0 Å². The van der Waals surface area contributed by atoms with Gasteiger partial charge in [0.1, 0.15) is 6.54 Å². The number of carbonyl (C=O) groups excluding carboxylic acids is 1. The largest absolute Gasteiger partial charge is 0.348 e. The third-order valence-corrected chi connectivity index (χ3v) is 5.44. The molecule has 1 amide bonds. The van der Waals surface area contributed by atoms with E-state index in [1.54, 1.807) is 0 Å². The summed E-state index contributed by atoms with van der Waals surface area (Å²) in [5.74, 6) is -0.342. The predicted molar refractivity (Wildman–Crippen MR) is 106 cm³/mol. The molecule has 0 radical (unpaired) electrons. The molecule has 1 N–H and O–H groups in total. The van der Waals surface area contributed by atoms with Gasteiger partial charge in [-0.25, -0.2) is 8.42 Å². The SMILES string of the molecule is Cc1ccc([C@H](C)NC(=O)CN(c2c(C)cccc2C)S(C)(=O)=O)cc1. The van der Waals surface area contributed by atoms with Gasteiger partial charge < -0.3 is 5.32 Å². The lowest BCUT2D eigenvalue weighted by Gasteiger charge is -2.26. The van der Waals surface area contributed by atoms with Gasteiger partial charge in [0.25, 0.3) is 0 Å². The molecule has 0 aliphatic carbocycles. The van der Waals surface area contributed by atoms with Crippen molar-refractivity contribution >= 4 is 21.6 Å². The number of aryl methyl sites for hydroxylation is 3. The standard InChI is InChI=1S/C20H26N2O3S/c1-14-9-11-18(12-10-14)17(4)21-19(23)13-22(26(5,24)25)20-15(2)7-6-8-16(20)3/h6-12,17H,13H2,1-5H3,(H,21,23)/t17-/m0/s1. The fraction of sp³-hybridized carbons (Fsp3) is 0.350. The molecule has 0 saturated carbocycles. The monoisotopic (exact) mass is 374 g/mol. The van der Waals surface area contributed by atoms with E-state index in [0.29, 0.717) is 5.69 Å². The van der Waals surface area contributed by atoms with Crippen molar-refractivity contribution in [3.63, 3.8) is 0 Å². The normalized spacial score (nSPS) is 12.5. The fourth-order valence-corrected chi connectivity index (χ4v) is 3.89. The van der Waals surface area contributed by atoms with Crippen LogP contribution < -0.4 is 9.62 Å². The van der Waals surface area contributed by atoms with Crippen molar-refractivity contribution in [3.05, 3.63) is 64.7 Å². The number of nitrogens with zero attached hydrogens (tertiary/aromatic N) is 1. The lowest BCUT2D eigenvalue weighted by molar-refractivity contribution is -0.120. The molecule has 0 spiro atoms. The molecule has 0 heterocycles. The van der Waals surface area contributed by atoms with Crippen LogP contribution >= 0.6 is 0 Å². The van der Waals surface area contributed by atoms with Gasteiger partial charge in [0.2, 0.25) is 15.9 Å². The minimum Gasteiger partial charge on any atom is -0.348 e. The number of para-hydroxylation sites is 1. The molecule has 0 bridgehead atoms. The number of carbonyl (C=O) groups is 1. The van der Waals surface area contributed by atoms with Crippen molar-refractivity contribution in [1.82, 2.24) is 5.32 Å². The molecule has 0 unspecified atom stereocenters. The molecule has 0 aliphatic rings. The quantitative estimate of drug-likeness (QED) is 0.844. The van der Waals surface area contributed by atoms with E-state index in [2.05, 4.69) is 5.32 Å². The zero-order valence-corrected chi connectivity index (χ0v) is 16.7. The lowest BCUT2D eigenvalue weighted by atomic mass is 10.1. The predicted octanol–water partition coefficient (Wildman–Crippen LogP) is 3.26. The van der Waals surface area contributed by atoms with E-state index in [4.69, 9.17) is 0 Å². The third kappa shape index (κ3) is 4.85. The van der Waals surface area contributed by atoms with Gasteiger partial charge in [-0.3, -0.25) is 9.10 Å². The van der Waals surface area contributed by atoms with Crippen molar-refractivity contribution in [3.8, 4) is 0 Å². The van der Waals surface area contributed by atoms with Crippen molar-refractivity contribution in [2.24, 2.45) is 0 Å². The first-order valence-corrected chi connectivity index (χ1v) is 10.3. The van der Waals surface area contributed by atoms with E-state index < -0.39 is 10.0 Å². The van der Waals surface area contributed by atoms with Crippen LogP contribution in [0.5, 0.6) is 0 Å². The zero-order valence-electron chi connectivity index (χ0n) is 15.9. The van der Waals surface area contributed by atoms with Gasteiger partial charge in [0.05, 0.1) is 18.0 Å². The van der Waals surface area contributed by atoms with Gasteiger partial charge in [-0.2, -0.15) is 0 Å². The third-order valence-electron chi connectivity index (χ3n) is 4.33. The summed E-state index contributed by atoms with van der Waals surface area (Å²) in [6.45, 7) is 7.31. The molecular formula is C20H26N2O3S. The summed E-state index contributed by atoms with van der Waals surface area (Å²) < 4.78 is 25.8. The summed E-state index contributed by atoms with van der Waals surface area (Å²) >= 11 is 0. The molecule has 26 heavy (non-hydrogen) atoms. The number of hydrogen-bond donors (Lipinski definition) is 1. The molecule has 0 aliphatic heterocycles. The van der Waals surface area contributed by atoms with Gasteiger partial charge >= 0.3 is 0 Å². The summed E-state index contributed by atoms with van der Waals surface area (Å²) in [6.07, 6.45) is 1.12. The van der Waals surface area contributed by atoms with Crippen LogP contribution in [0.1, 0.15) is 35.2 Å². The van der Waals surface area contributed by atoms with Gasteiger partial charge in [-0.15, -0.1) is 0 Å². The highest BCUT2D eigenvalue weighted by Gasteiger charge is 2.24. The minimum atomic E-state index is -3.59. The van der Waals surface area contributed by atoms with E-state index in [-0.39, 0.29) is 18.5 Å². The summed E-state index contributed by atoms with van der Waals surface area (Å²) in [4.78, 5) is 12.5. The molecule has 0 fully saturated rings. The smallest absolute Gasteiger partial charge is 0.241 e. The van der Waals surface area contributed by atoms with Crippen LogP contribution in [0.25, 0.3) is 0 Å². The Morgan fingerprint density at radius 2 is 1.58 bits per heavy atom. The van der Waals surface area contributed by atoms with Crippen molar-refractivity contribution in [2.75, 3.05) is 17.1 Å². The Hall–Kier alpha value is -2.34. The van der Waals surface area contributed by atoms with E-state index in [1.807, 2.05) is 70.2 Å². The molecule has 140 valence electrons. The summed E-state index contributed by atoms with van der Waals surface area (Å²) in [6, 6.07) is 13.2. The minimum absolute atomic E-state index is 0.206. The lowest BCUT2D eigenvalue weighted by Crippen LogP contribution is -2.41. The van der Waals surface area contributed by atoms with Crippen LogP contribution in [0.4, 0.5) is 5.69 Å². The second-order valence-corrected chi connectivity index (χ2v) is 8.62. The maximum absolute atomic E-state index is 12.5. The molecule has 2 aromatic carbocycles. The highest BCUT2D eigenvalue weighted by atomic mass is 32.2. The highest BCUT2D eigenvalue weighted by molar-refractivity contribution is 7.92. The Bertz CT molecular complexity index is 870. The van der Waals surface area contributed by atoms with Crippen molar-refractivity contribution in [1.29, 1.82) is 0 Å². The van der Waals surface area contributed by atoms with Crippen molar-refractivity contribution < 1.29 is 13.2 Å². The maximum atomic E-state index is 12.5.